The first-order valence-electron chi connectivity index (χ1n) is 8.07. The molecular formula is C19H23N3O. The Kier molecular flexibility index (Phi) is 4.63. The molecular weight excluding hydrogens is 286 g/mol. The second-order valence-electron chi connectivity index (χ2n) is 6.12. The van der Waals surface area contributed by atoms with Crippen LogP contribution in [0.25, 0.3) is 0 Å². The van der Waals surface area contributed by atoms with Gasteiger partial charge >= 0.3 is 0 Å². The van der Waals surface area contributed by atoms with E-state index < -0.39 is 6.04 Å². The smallest absolute Gasteiger partial charge is 0.236 e. The number of rotatable bonds is 5. The first-order valence-corrected chi connectivity index (χ1v) is 8.07. The van der Waals surface area contributed by atoms with Gasteiger partial charge in [-0.2, -0.15) is 0 Å². The maximum absolute atomic E-state index is 11.5. The highest BCUT2D eigenvalue weighted by Gasteiger charge is 2.18. The average Bonchev–Trinajstić information content (AvgIpc) is 2.97. The molecule has 3 rings (SSSR count). The zero-order valence-electron chi connectivity index (χ0n) is 13.5. The number of para-hydroxylation sites is 1. The minimum atomic E-state index is -0.468. The van der Waals surface area contributed by atoms with Crippen molar-refractivity contribution >= 4 is 11.6 Å². The molecule has 0 saturated heterocycles. The number of nitrogens with two attached hydrogens (primary N) is 1. The highest BCUT2D eigenvalue weighted by molar-refractivity contribution is 5.80. The van der Waals surface area contributed by atoms with E-state index in [4.69, 9.17) is 5.73 Å². The molecule has 1 aliphatic rings. The SMILES string of the molecule is CC(N)C(=O)NCc1ccc(CN2CCc3ccccc32)cc1. The quantitative estimate of drug-likeness (QED) is 0.890. The Morgan fingerprint density at radius 2 is 1.87 bits per heavy atom. The number of carbonyl (C=O) groups is 1. The van der Waals surface area contributed by atoms with Crippen molar-refractivity contribution in [2.45, 2.75) is 32.5 Å². The van der Waals surface area contributed by atoms with Gasteiger partial charge in [-0.3, -0.25) is 4.79 Å². The van der Waals surface area contributed by atoms with Crippen molar-refractivity contribution < 1.29 is 4.79 Å². The number of anilines is 1. The lowest BCUT2D eigenvalue weighted by Gasteiger charge is -2.19. The molecule has 0 saturated carbocycles. The van der Waals surface area contributed by atoms with E-state index >= 15 is 0 Å². The summed E-state index contributed by atoms with van der Waals surface area (Å²) in [4.78, 5) is 13.9. The van der Waals surface area contributed by atoms with Crippen LogP contribution in [-0.4, -0.2) is 18.5 Å². The van der Waals surface area contributed by atoms with Crippen LogP contribution in [0.4, 0.5) is 5.69 Å². The predicted octanol–water partition coefficient (Wildman–Crippen LogP) is 2.21. The van der Waals surface area contributed by atoms with Gasteiger partial charge in [-0.05, 0) is 36.1 Å². The number of amides is 1. The third-order valence-corrected chi connectivity index (χ3v) is 4.26. The second kappa shape index (κ2) is 6.84. The van der Waals surface area contributed by atoms with E-state index in [-0.39, 0.29) is 5.91 Å². The Labute approximate surface area is 137 Å². The molecule has 1 atom stereocenters. The van der Waals surface area contributed by atoms with Gasteiger partial charge in [-0.25, -0.2) is 0 Å². The van der Waals surface area contributed by atoms with Gasteiger partial charge < -0.3 is 16.0 Å². The van der Waals surface area contributed by atoms with Gasteiger partial charge in [0.25, 0.3) is 0 Å². The number of carbonyl (C=O) groups excluding carboxylic acids is 1. The van der Waals surface area contributed by atoms with Crippen LogP contribution in [0.3, 0.4) is 0 Å². The molecule has 0 radical (unpaired) electrons. The zero-order valence-corrected chi connectivity index (χ0v) is 13.5. The summed E-state index contributed by atoms with van der Waals surface area (Å²) in [6.07, 6.45) is 1.12. The van der Waals surface area contributed by atoms with Crippen LogP contribution in [0, 0.1) is 0 Å². The van der Waals surface area contributed by atoms with Crippen molar-refractivity contribution in [1.82, 2.24) is 5.32 Å². The Balaban J connectivity index is 1.59. The summed E-state index contributed by atoms with van der Waals surface area (Å²) in [5.74, 6) is -0.122. The lowest BCUT2D eigenvalue weighted by Crippen LogP contribution is -2.37. The topological polar surface area (TPSA) is 58.4 Å². The molecule has 3 N–H and O–H groups in total. The molecule has 0 aromatic heterocycles. The molecule has 1 unspecified atom stereocenters. The van der Waals surface area contributed by atoms with Crippen LogP contribution in [0.15, 0.2) is 48.5 Å². The Morgan fingerprint density at radius 3 is 2.61 bits per heavy atom. The van der Waals surface area contributed by atoms with Crippen LogP contribution < -0.4 is 16.0 Å². The Hall–Kier alpha value is -2.33. The minimum absolute atomic E-state index is 0.122. The van der Waals surface area contributed by atoms with Gasteiger partial charge in [0.15, 0.2) is 0 Å². The molecule has 0 spiro atoms. The molecule has 23 heavy (non-hydrogen) atoms. The van der Waals surface area contributed by atoms with E-state index in [0.29, 0.717) is 6.54 Å². The van der Waals surface area contributed by atoms with E-state index in [2.05, 4.69) is 58.7 Å². The zero-order chi connectivity index (χ0) is 16.2. The highest BCUT2D eigenvalue weighted by atomic mass is 16.2. The lowest BCUT2D eigenvalue weighted by atomic mass is 10.1. The third kappa shape index (κ3) is 3.71. The largest absolute Gasteiger partial charge is 0.367 e. The highest BCUT2D eigenvalue weighted by Crippen LogP contribution is 2.28. The van der Waals surface area contributed by atoms with Crippen molar-refractivity contribution in [1.29, 1.82) is 0 Å². The maximum Gasteiger partial charge on any atom is 0.236 e. The molecule has 2 aromatic carbocycles. The molecule has 0 fully saturated rings. The number of fused-ring (bicyclic) bond motifs is 1. The van der Waals surface area contributed by atoms with Crippen molar-refractivity contribution in [3.63, 3.8) is 0 Å². The molecule has 4 nitrogen and oxygen atoms in total. The van der Waals surface area contributed by atoms with Gasteiger partial charge in [0.05, 0.1) is 6.04 Å². The minimum Gasteiger partial charge on any atom is -0.367 e. The number of nitrogens with zero attached hydrogens (tertiary/aromatic N) is 1. The predicted molar refractivity (Wildman–Crippen MR) is 93.1 cm³/mol. The van der Waals surface area contributed by atoms with E-state index in [9.17, 15) is 4.79 Å². The normalized spacial score (nSPS) is 14.4. The molecule has 0 aliphatic carbocycles. The summed E-state index contributed by atoms with van der Waals surface area (Å²) in [7, 11) is 0. The number of hydrogen-bond donors (Lipinski definition) is 2. The molecule has 1 heterocycles. The van der Waals surface area contributed by atoms with Crippen molar-refractivity contribution in [3.8, 4) is 0 Å². The van der Waals surface area contributed by atoms with Crippen LogP contribution >= 0.6 is 0 Å². The summed E-state index contributed by atoms with van der Waals surface area (Å²) in [5.41, 5.74) is 10.7. The molecule has 1 amide bonds. The molecule has 120 valence electrons. The first kappa shape index (κ1) is 15.6. The maximum atomic E-state index is 11.5. The third-order valence-electron chi connectivity index (χ3n) is 4.26. The summed E-state index contributed by atoms with van der Waals surface area (Å²) in [6, 6.07) is 16.5. The summed E-state index contributed by atoms with van der Waals surface area (Å²) >= 11 is 0. The first-order chi connectivity index (χ1) is 11.1. The van der Waals surface area contributed by atoms with Crippen LogP contribution in [0.5, 0.6) is 0 Å². The molecule has 4 heteroatoms. The van der Waals surface area contributed by atoms with Gasteiger partial charge in [0.2, 0.25) is 5.91 Å². The van der Waals surface area contributed by atoms with Crippen molar-refractivity contribution in [3.05, 3.63) is 65.2 Å². The molecule has 1 aliphatic heterocycles. The van der Waals surface area contributed by atoms with E-state index in [0.717, 1.165) is 25.1 Å². The fourth-order valence-corrected chi connectivity index (χ4v) is 2.90. The number of benzene rings is 2. The fraction of sp³-hybridized carbons (Fsp3) is 0.316. The Bertz CT molecular complexity index is 679. The van der Waals surface area contributed by atoms with Crippen LogP contribution in [0.2, 0.25) is 0 Å². The summed E-state index contributed by atoms with van der Waals surface area (Å²) in [6.45, 7) is 4.20. The van der Waals surface area contributed by atoms with Crippen LogP contribution in [-0.2, 0) is 24.3 Å². The lowest BCUT2D eigenvalue weighted by molar-refractivity contribution is -0.122. The summed E-state index contributed by atoms with van der Waals surface area (Å²) < 4.78 is 0. The van der Waals surface area contributed by atoms with Gasteiger partial charge in [0.1, 0.15) is 0 Å². The fourth-order valence-electron chi connectivity index (χ4n) is 2.90. The molecule has 2 aromatic rings. The standard InChI is InChI=1S/C19H23N3O/c1-14(20)19(23)21-12-15-6-8-16(9-7-15)13-22-11-10-17-4-2-3-5-18(17)22/h2-9,14H,10-13,20H2,1H3,(H,21,23). The monoisotopic (exact) mass is 309 g/mol. The summed E-state index contributed by atoms with van der Waals surface area (Å²) in [5, 5.41) is 2.83. The van der Waals surface area contributed by atoms with Crippen LogP contribution in [0.1, 0.15) is 23.6 Å². The van der Waals surface area contributed by atoms with Crippen molar-refractivity contribution in [2.24, 2.45) is 5.73 Å². The number of nitrogens with one attached hydrogen (secondary N) is 1. The van der Waals surface area contributed by atoms with E-state index in [1.54, 1.807) is 6.92 Å². The van der Waals surface area contributed by atoms with Gasteiger partial charge in [-0.1, -0.05) is 42.5 Å². The van der Waals surface area contributed by atoms with E-state index in [1.165, 1.54) is 16.8 Å². The Morgan fingerprint density at radius 1 is 1.17 bits per heavy atom. The van der Waals surface area contributed by atoms with Gasteiger partial charge in [0, 0.05) is 25.3 Å². The number of hydrogen-bond acceptors (Lipinski definition) is 3. The van der Waals surface area contributed by atoms with Crippen molar-refractivity contribution in [2.75, 3.05) is 11.4 Å². The average molecular weight is 309 g/mol. The van der Waals surface area contributed by atoms with E-state index in [1.807, 2.05) is 0 Å². The van der Waals surface area contributed by atoms with Gasteiger partial charge in [-0.15, -0.1) is 0 Å². The molecule has 0 bridgehead atoms. The second-order valence-corrected chi connectivity index (χ2v) is 6.12.